The van der Waals surface area contributed by atoms with Gasteiger partial charge in [-0.2, -0.15) is 13.2 Å². The SMILES string of the molecule is CCCCCN(CC(F)(F)F)C(=O)C1c2ccccc2-c2ccc(-c3ccccc3-c3ccccc3)c(P3OCCC(NC=O)O3)c21. The van der Waals surface area contributed by atoms with Crippen LogP contribution >= 0.6 is 8.38 Å². The number of benzene rings is 4. The number of hydrogen-bond acceptors (Lipinski definition) is 4. The molecule has 4 aromatic rings. The van der Waals surface area contributed by atoms with Crippen LogP contribution in [-0.2, 0) is 18.6 Å². The molecule has 1 fully saturated rings. The second kappa shape index (κ2) is 14.4. The molecule has 0 bridgehead atoms. The van der Waals surface area contributed by atoms with Crippen LogP contribution in [0.1, 0.15) is 49.7 Å². The largest absolute Gasteiger partial charge is 0.406 e. The zero-order chi connectivity index (χ0) is 33.0. The molecule has 6 rings (SSSR count). The summed E-state index contributed by atoms with van der Waals surface area (Å²) >= 11 is 0. The number of amides is 2. The monoisotopic (exact) mass is 660 g/mol. The summed E-state index contributed by atoms with van der Waals surface area (Å²) in [6.07, 6.45) is -2.17. The second-order valence-corrected chi connectivity index (χ2v) is 13.1. The zero-order valence-corrected chi connectivity index (χ0v) is 26.9. The summed E-state index contributed by atoms with van der Waals surface area (Å²) in [7, 11) is -1.87. The molecular formula is C37H36F3N2O4P. The Morgan fingerprint density at radius 3 is 2.30 bits per heavy atom. The van der Waals surface area contributed by atoms with Crippen molar-refractivity contribution in [3.63, 3.8) is 0 Å². The maximum atomic E-state index is 14.6. The van der Waals surface area contributed by atoms with Gasteiger partial charge in [-0.05, 0) is 50.9 Å². The molecule has 1 heterocycles. The Balaban J connectivity index is 1.58. The van der Waals surface area contributed by atoms with Gasteiger partial charge in [0.05, 0.1) is 12.5 Å². The summed E-state index contributed by atoms with van der Waals surface area (Å²) in [5, 5.41) is 3.34. The fraction of sp³-hybridized carbons (Fsp3) is 0.297. The lowest BCUT2D eigenvalue weighted by Crippen LogP contribution is -2.43. The van der Waals surface area contributed by atoms with E-state index in [1.54, 1.807) is 0 Å². The first-order chi connectivity index (χ1) is 22.8. The predicted octanol–water partition coefficient (Wildman–Crippen LogP) is 8.16. The Morgan fingerprint density at radius 2 is 1.57 bits per heavy atom. The highest BCUT2D eigenvalue weighted by atomic mass is 31.2. The molecule has 3 unspecified atom stereocenters. The van der Waals surface area contributed by atoms with Gasteiger partial charge in [0, 0.05) is 18.3 Å². The van der Waals surface area contributed by atoms with E-state index in [-0.39, 0.29) is 6.54 Å². The van der Waals surface area contributed by atoms with Crippen LogP contribution in [0.2, 0.25) is 0 Å². The number of unbranched alkanes of at least 4 members (excludes halogenated alkanes) is 2. The van der Waals surface area contributed by atoms with Crippen LogP contribution in [0.25, 0.3) is 33.4 Å². The van der Waals surface area contributed by atoms with Crippen molar-refractivity contribution in [2.45, 2.75) is 50.9 Å². The van der Waals surface area contributed by atoms with Crippen molar-refractivity contribution in [1.82, 2.24) is 10.2 Å². The summed E-state index contributed by atoms with van der Waals surface area (Å²) in [5.74, 6) is -1.60. The molecule has 244 valence electrons. The van der Waals surface area contributed by atoms with Gasteiger partial charge in [0.15, 0.2) is 0 Å². The quantitative estimate of drug-likeness (QED) is 0.100. The van der Waals surface area contributed by atoms with Crippen LogP contribution in [0.4, 0.5) is 13.2 Å². The smallest absolute Gasteiger partial charge is 0.333 e. The van der Waals surface area contributed by atoms with E-state index in [9.17, 15) is 22.8 Å². The zero-order valence-electron chi connectivity index (χ0n) is 26.0. The Hall–Kier alpha value is -4.04. The van der Waals surface area contributed by atoms with E-state index in [0.29, 0.717) is 48.7 Å². The molecule has 4 aromatic carbocycles. The first-order valence-electron chi connectivity index (χ1n) is 15.9. The molecule has 1 aliphatic carbocycles. The molecule has 0 spiro atoms. The van der Waals surface area contributed by atoms with Crippen LogP contribution in [0.3, 0.4) is 0 Å². The average molecular weight is 661 g/mol. The molecule has 0 aromatic heterocycles. The lowest BCUT2D eigenvalue weighted by molar-refractivity contribution is -0.161. The highest BCUT2D eigenvalue weighted by Crippen LogP contribution is 2.54. The Morgan fingerprint density at radius 1 is 0.894 bits per heavy atom. The van der Waals surface area contributed by atoms with Gasteiger partial charge in [-0.15, -0.1) is 0 Å². The number of alkyl halides is 3. The number of hydrogen-bond donors (Lipinski definition) is 1. The molecule has 6 nitrogen and oxygen atoms in total. The molecule has 1 saturated heterocycles. The summed E-state index contributed by atoms with van der Waals surface area (Å²) in [6.45, 7) is 0.935. The minimum Gasteiger partial charge on any atom is -0.333 e. The van der Waals surface area contributed by atoms with Gasteiger partial charge in [-0.3, -0.25) is 9.59 Å². The number of fused-ring (bicyclic) bond motifs is 3. The van der Waals surface area contributed by atoms with Gasteiger partial charge in [0.2, 0.25) is 20.7 Å². The van der Waals surface area contributed by atoms with Crippen molar-refractivity contribution >= 4 is 26.0 Å². The van der Waals surface area contributed by atoms with Crippen molar-refractivity contribution in [1.29, 1.82) is 0 Å². The topological polar surface area (TPSA) is 67.9 Å². The normalized spacial score (nSPS) is 18.7. The summed E-state index contributed by atoms with van der Waals surface area (Å²) in [6, 6.07) is 29.1. The number of carbonyl (C=O) groups is 2. The van der Waals surface area contributed by atoms with Crippen LogP contribution in [0.5, 0.6) is 0 Å². The van der Waals surface area contributed by atoms with Crippen molar-refractivity contribution in [3.05, 3.63) is 102 Å². The number of nitrogens with one attached hydrogen (secondary N) is 1. The minimum absolute atomic E-state index is 0.000854. The van der Waals surface area contributed by atoms with E-state index in [1.165, 1.54) is 0 Å². The maximum absolute atomic E-state index is 14.6. The second-order valence-electron chi connectivity index (χ2n) is 11.7. The summed E-state index contributed by atoms with van der Waals surface area (Å²) in [4.78, 5) is 27.0. The number of rotatable bonds is 11. The lowest BCUT2D eigenvalue weighted by Gasteiger charge is -2.33. The standard InChI is InChI=1S/C37H36F3N2O4P/c1-2-3-11-21-42(23-37(38,39)40)36(44)34-29-17-10-9-16-28(29)30-18-19-31(27-15-8-7-14-26(27)25-12-5-4-6-13-25)35(33(30)34)47-45-22-20-32(46-47)41-24-43/h4-10,12-19,24,32,34H,2-3,11,20-23H2,1H3,(H,41,43). The highest BCUT2D eigenvalue weighted by Gasteiger charge is 2.44. The number of carbonyl (C=O) groups excluding carboxylic acids is 2. The molecule has 0 radical (unpaired) electrons. The fourth-order valence-electron chi connectivity index (χ4n) is 6.51. The molecule has 2 amide bonds. The van der Waals surface area contributed by atoms with Crippen LogP contribution in [0.15, 0.2) is 91.0 Å². The van der Waals surface area contributed by atoms with Crippen molar-refractivity contribution in [2.24, 2.45) is 0 Å². The van der Waals surface area contributed by atoms with Crippen LogP contribution in [-0.4, -0.2) is 49.3 Å². The first-order valence-corrected chi connectivity index (χ1v) is 17.0. The third-order valence-electron chi connectivity index (χ3n) is 8.58. The summed E-state index contributed by atoms with van der Waals surface area (Å²) < 4.78 is 54.6. The molecule has 47 heavy (non-hydrogen) atoms. The van der Waals surface area contributed by atoms with E-state index in [0.717, 1.165) is 44.7 Å². The van der Waals surface area contributed by atoms with Gasteiger partial charge < -0.3 is 19.3 Å². The molecule has 10 heteroatoms. The van der Waals surface area contributed by atoms with Crippen molar-refractivity contribution in [2.75, 3.05) is 19.7 Å². The molecular weight excluding hydrogens is 624 g/mol. The van der Waals surface area contributed by atoms with E-state index in [2.05, 4.69) is 5.32 Å². The molecule has 3 atom stereocenters. The van der Waals surface area contributed by atoms with E-state index >= 15 is 0 Å². The Bertz CT molecular complexity index is 1730. The minimum atomic E-state index is -4.56. The predicted molar refractivity (Wildman–Crippen MR) is 178 cm³/mol. The van der Waals surface area contributed by atoms with E-state index < -0.39 is 39.1 Å². The van der Waals surface area contributed by atoms with Gasteiger partial charge in [-0.1, -0.05) is 111 Å². The maximum Gasteiger partial charge on any atom is 0.406 e. The Labute approximate surface area is 273 Å². The first kappa shape index (κ1) is 32.9. The molecule has 2 aliphatic rings. The lowest BCUT2D eigenvalue weighted by atomic mass is 9.89. The molecule has 0 saturated carbocycles. The van der Waals surface area contributed by atoms with Gasteiger partial charge in [0.25, 0.3) is 0 Å². The van der Waals surface area contributed by atoms with E-state index in [1.807, 2.05) is 97.9 Å². The third kappa shape index (κ3) is 6.98. The van der Waals surface area contributed by atoms with E-state index in [4.69, 9.17) is 9.05 Å². The summed E-state index contributed by atoms with van der Waals surface area (Å²) in [5.41, 5.74) is 6.36. The Kier molecular flexibility index (Phi) is 10.1. The number of nitrogens with zero attached hydrogens (tertiary/aromatic N) is 1. The number of halogens is 3. The van der Waals surface area contributed by atoms with Crippen molar-refractivity contribution < 1.29 is 31.8 Å². The average Bonchev–Trinajstić information content (AvgIpc) is 3.42. The highest BCUT2D eigenvalue weighted by molar-refractivity contribution is 7.56. The van der Waals surface area contributed by atoms with Crippen LogP contribution in [0, 0.1) is 0 Å². The van der Waals surface area contributed by atoms with Gasteiger partial charge in [0.1, 0.15) is 12.8 Å². The van der Waals surface area contributed by atoms with Gasteiger partial charge >= 0.3 is 6.18 Å². The van der Waals surface area contributed by atoms with Crippen molar-refractivity contribution in [3.8, 4) is 33.4 Å². The van der Waals surface area contributed by atoms with Gasteiger partial charge in [-0.25, -0.2) is 0 Å². The van der Waals surface area contributed by atoms with Crippen LogP contribution < -0.4 is 10.6 Å². The fourth-order valence-corrected chi connectivity index (χ4v) is 8.31. The third-order valence-corrected chi connectivity index (χ3v) is 10.3. The molecule has 1 N–H and O–H groups in total. The molecule has 1 aliphatic heterocycles.